The lowest BCUT2D eigenvalue weighted by Gasteiger charge is -2.24. The molecule has 0 radical (unpaired) electrons. The predicted octanol–water partition coefficient (Wildman–Crippen LogP) is 2.78. The van der Waals surface area contributed by atoms with E-state index >= 15 is 0 Å². The van der Waals surface area contributed by atoms with Crippen LogP contribution in [0.4, 0.5) is 0 Å². The summed E-state index contributed by atoms with van der Waals surface area (Å²) in [7, 11) is -3.50. The fourth-order valence-electron chi connectivity index (χ4n) is 3.30. The lowest BCUT2D eigenvalue weighted by Crippen LogP contribution is -2.39. The second-order valence-corrected chi connectivity index (χ2v) is 9.66. The molecule has 29 heavy (non-hydrogen) atoms. The highest BCUT2D eigenvalue weighted by Crippen LogP contribution is 2.19. The Morgan fingerprint density at radius 3 is 2.41 bits per heavy atom. The van der Waals surface area contributed by atoms with E-state index in [0.717, 1.165) is 18.5 Å². The summed E-state index contributed by atoms with van der Waals surface area (Å²) >= 11 is 5.85. The van der Waals surface area contributed by atoms with Crippen molar-refractivity contribution in [3.63, 3.8) is 0 Å². The van der Waals surface area contributed by atoms with Crippen molar-refractivity contribution in [2.75, 3.05) is 39.3 Å². The van der Waals surface area contributed by atoms with Crippen LogP contribution in [0, 0.1) is 6.92 Å². The molecule has 2 aromatic carbocycles. The molecule has 1 saturated heterocycles. The Bertz CT molecular complexity index is 888. The average molecular weight is 439 g/mol. The molecule has 0 aliphatic carbocycles. The number of hydrogen-bond acceptors (Lipinski definition) is 5. The van der Waals surface area contributed by atoms with Gasteiger partial charge in [-0.05, 0) is 56.3 Å². The number of aryl methyl sites for hydroxylation is 1. The van der Waals surface area contributed by atoms with Gasteiger partial charge in [0.25, 0.3) is 0 Å². The Morgan fingerprint density at radius 2 is 1.72 bits per heavy atom. The minimum Gasteiger partial charge on any atom is -0.491 e. The van der Waals surface area contributed by atoms with Crippen LogP contribution in [0.3, 0.4) is 0 Å². The Hall–Kier alpha value is -1.64. The topological polar surface area (TPSA) is 70.1 Å². The number of sulfonamides is 1. The molecular formula is C21H27ClN2O4S. The van der Waals surface area contributed by atoms with E-state index in [1.807, 2.05) is 19.1 Å². The molecule has 0 saturated carbocycles. The molecule has 8 heteroatoms. The molecule has 1 aliphatic heterocycles. The molecule has 0 aromatic heterocycles. The highest BCUT2D eigenvalue weighted by Gasteiger charge is 2.27. The Balaban J connectivity index is 1.51. The quantitative estimate of drug-likeness (QED) is 0.719. The molecule has 2 aromatic rings. The van der Waals surface area contributed by atoms with E-state index in [1.54, 1.807) is 36.4 Å². The van der Waals surface area contributed by atoms with E-state index in [-0.39, 0.29) is 6.61 Å². The van der Waals surface area contributed by atoms with Gasteiger partial charge in [-0.3, -0.25) is 4.90 Å². The Kier molecular flexibility index (Phi) is 7.54. The molecule has 0 bridgehead atoms. The summed E-state index contributed by atoms with van der Waals surface area (Å²) in [5.41, 5.74) is 1.03. The third kappa shape index (κ3) is 6.17. The first-order valence-electron chi connectivity index (χ1n) is 9.70. The van der Waals surface area contributed by atoms with Gasteiger partial charge in [0.05, 0.1) is 4.90 Å². The predicted molar refractivity (Wildman–Crippen MR) is 114 cm³/mol. The van der Waals surface area contributed by atoms with Crippen LogP contribution in [0.2, 0.25) is 5.02 Å². The van der Waals surface area contributed by atoms with Crippen LogP contribution in [0.15, 0.2) is 53.4 Å². The van der Waals surface area contributed by atoms with E-state index in [9.17, 15) is 13.5 Å². The summed E-state index contributed by atoms with van der Waals surface area (Å²) < 4.78 is 32.9. The fraction of sp³-hybridized carbons (Fsp3) is 0.429. The third-order valence-corrected chi connectivity index (χ3v) is 7.10. The lowest BCUT2D eigenvalue weighted by atomic mass is 10.2. The highest BCUT2D eigenvalue weighted by molar-refractivity contribution is 7.89. The van der Waals surface area contributed by atoms with Crippen molar-refractivity contribution in [3.8, 4) is 5.75 Å². The number of rotatable bonds is 7. The molecule has 1 N–H and O–H groups in total. The van der Waals surface area contributed by atoms with Crippen molar-refractivity contribution < 1.29 is 18.3 Å². The van der Waals surface area contributed by atoms with Crippen LogP contribution >= 0.6 is 11.6 Å². The first-order chi connectivity index (χ1) is 13.8. The SMILES string of the molecule is Cc1ccc(S(=O)(=O)N2CCCN(C[C@H](O)COc3ccc(Cl)cc3)CC2)cc1. The zero-order valence-electron chi connectivity index (χ0n) is 16.5. The van der Waals surface area contributed by atoms with E-state index in [4.69, 9.17) is 16.3 Å². The van der Waals surface area contributed by atoms with Gasteiger partial charge in [-0.15, -0.1) is 0 Å². The van der Waals surface area contributed by atoms with E-state index in [1.165, 1.54) is 4.31 Å². The van der Waals surface area contributed by atoms with Crippen molar-refractivity contribution >= 4 is 21.6 Å². The Morgan fingerprint density at radius 1 is 1.03 bits per heavy atom. The lowest BCUT2D eigenvalue weighted by molar-refractivity contribution is 0.0700. The number of aliphatic hydroxyl groups excluding tert-OH is 1. The van der Waals surface area contributed by atoms with Crippen LogP contribution in [0.5, 0.6) is 5.75 Å². The van der Waals surface area contributed by atoms with Gasteiger partial charge in [-0.2, -0.15) is 4.31 Å². The van der Waals surface area contributed by atoms with Gasteiger partial charge in [0.1, 0.15) is 18.5 Å². The summed E-state index contributed by atoms with van der Waals surface area (Å²) in [6.45, 7) is 4.73. The number of aliphatic hydroxyl groups is 1. The first kappa shape index (κ1) is 22.1. The van der Waals surface area contributed by atoms with E-state index in [2.05, 4.69) is 4.90 Å². The van der Waals surface area contributed by atoms with Crippen molar-refractivity contribution in [3.05, 3.63) is 59.1 Å². The van der Waals surface area contributed by atoms with E-state index in [0.29, 0.717) is 41.8 Å². The number of β-amino-alcohol motifs (C(OH)–C–C–N with tert-alkyl or cyclic N) is 1. The molecule has 1 heterocycles. The third-order valence-electron chi connectivity index (χ3n) is 4.93. The molecule has 0 spiro atoms. The first-order valence-corrected chi connectivity index (χ1v) is 11.5. The zero-order chi connectivity index (χ0) is 20.9. The maximum Gasteiger partial charge on any atom is 0.243 e. The van der Waals surface area contributed by atoms with Gasteiger partial charge in [-0.1, -0.05) is 29.3 Å². The van der Waals surface area contributed by atoms with Crippen molar-refractivity contribution in [2.45, 2.75) is 24.3 Å². The molecule has 3 rings (SSSR count). The average Bonchev–Trinajstić information content (AvgIpc) is 2.94. The van der Waals surface area contributed by atoms with Crippen LogP contribution in [-0.4, -0.2) is 68.2 Å². The number of benzene rings is 2. The van der Waals surface area contributed by atoms with Gasteiger partial charge in [0.15, 0.2) is 0 Å². The van der Waals surface area contributed by atoms with Crippen molar-refractivity contribution in [1.82, 2.24) is 9.21 Å². The molecule has 6 nitrogen and oxygen atoms in total. The van der Waals surface area contributed by atoms with Crippen LogP contribution < -0.4 is 4.74 Å². The maximum absolute atomic E-state index is 12.9. The van der Waals surface area contributed by atoms with Crippen LogP contribution in [0.25, 0.3) is 0 Å². The number of nitrogens with zero attached hydrogens (tertiary/aromatic N) is 2. The van der Waals surface area contributed by atoms with E-state index < -0.39 is 16.1 Å². The normalized spacial score (nSPS) is 17.6. The molecular weight excluding hydrogens is 412 g/mol. The number of hydrogen-bond donors (Lipinski definition) is 1. The van der Waals surface area contributed by atoms with Gasteiger partial charge in [0.2, 0.25) is 10.0 Å². The molecule has 1 aliphatic rings. The minimum absolute atomic E-state index is 0.170. The smallest absolute Gasteiger partial charge is 0.243 e. The highest BCUT2D eigenvalue weighted by atomic mass is 35.5. The maximum atomic E-state index is 12.9. The van der Waals surface area contributed by atoms with Crippen LogP contribution in [0.1, 0.15) is 12.0 Å². The molecule has 158 valence electrons. The van der Waals surface area contributed by atoms with Gasteiger partial charge < -0.3 is 9.84 Å². The summed E-state index contributed by atoms with van der Waals surface area (Å²) in [4.78, 5) is 2.41. The van der Waals surface area contributed by atoms with Crippen molar-refractivity contribution in [2.24, 2.45) is 0 Å². The summed E-state index contributed by atoms with van der Waals surface area (Å²) in [6.07, 6.45) is 0.0569. The van der Waals surface area contributed by atoms with Crippen molar-refractivity contribution in [1.29, 1.82) is 0 Å². The molecule has 0 unspecified atom stereocenters. The monoisotopic (exact) mass is 438 g/mol. The van der Waals surface area contributed by atoms with Gasteiger partial charge in [0, 0.05) is 31.2 Å². The molecule has 1 fully saturated rings. The van der Waals surface area contributed by atoms with Gasteiger partial charge in [-0.25, -0.2) is 8.42 Å². The summed E-state index contributed by atoms with van der Waals surface area (Å²) in [6, 6.07) is 13.9. The van der Waals surface area contributed by atoms with Crippen LogP contribution in [-0.2, 0) is 10.0 Å². The Labute approximate surface area is 177 Å². The largest absolute Gasteiger partial charge is 0.491 e. The second kappa shape index (κ2) is 9.91. The molecule has 0 amide bonds. The zero-order valence-corrected chi connectivity index (χ0v) is 18.1. The fourth-order valence-corrected chi connectivity index (χ4v) is 4.90. The second-order valence-electron chi connectivity index (χ2n) is 7.29. The summed E-state index contributed by atoms with van der Waals surface area (Å²) in [5, 5.41) is 10.9. The van der Waals surface area contributed by atoms with Gasteiger partial charge >= 0.3 is 0 Å². The minimum atomic E-state index is -3.50. The summed E-state index contributed by atoms with van der Waals surface area (Å²) in [5.74, 6) is 0.652. The number of halogens is 1. The standard InChI is InChI=1S/C21H27ClN2O4S/c1-17-3-9-21(10-4-17)29(26,27)24-12-2-11-23(13-14-24)15-19(25)16-28-20-7-5-18(22)6-8-20/h3-10,19,25H,2,11-16H2,1H3/t19-/m0/s1. The number of ether oxygens (including phenoxy) is 1. The molecule has 1 atom stereocenters.